The Hall–Kier alpha value is -1.46. The van der Waals surface area contributed by atoms with Crippen LogP contribution < -0.4 is 5.73 Å². The van der Waals surface area contributed by atoms with Crippen molar-refractivity contribution in [2.24, 2.45) is 5.73 Å². The Kier molecular flexibility index (Phi) is 4.28. The van der Waals surface area contributed by atoms with E-state index in [1.165, 1.54) is 0 Å². The second-order valence-corrected chi connectivity index (χ2v) is 4.69. The molecule has 0 aliphatic carbocycles. The van der Waals surface area contributed by atoms with Gasteiger partial charge in [-0.1, -0.05) is 6.07 Å². The third-order valence-corrected chi connectivity index (χ3v) is 3.39. The minimum absolute atomic E-state index is 0.159. The molecule has 2 rings (SSSR count). The lowest BCUT2D eigenvalue weighted by atomic mass is 10.2. The zero-order valence-electron chi connectivity index (χ0n) is 10.7. The van der Waals surface area contributed by atoms with Gasteiger partial charge in [0, 0.05) is 31.9 Å². The highest BCUT2D eigenvalue weighted by Gasteiger charge is 2.26. The number of nitrogens with two attached hydrogens (primary N) is 1. The van der Waals surface area contributed by atoms with Crippen LogP contribution in [-0.4, -0.2) is 52.9 Å². The Labute approximate surface area is 108 Å². The SMILES string of the molecule is CC(CN)N1CCN(Cc2ccccn2)C(=O)C1. The third-order valence-electron chi connectivity index (χ3n) is 3.39. The van der Waals surface area contributed by atoms with Crippen LogP contribution in [0.2, 0.25) is 0 Å². The Morgan fingerprint density at radius 3 is 2.89 bits per heavy atom. The molecule has 0 radical (unpaired) electrons. The van der Waals surface area contributed by atoms with Gasteiger partial charge in [-0.25, -0.2) is 0 Å². The number of pyridine rings is 1. The summed E-state index contributed by atoms with van der Waals surface area (Å²) in [6.45, 7) is 5.35. The topological polar surface area (TPSA) is 62.5 Å². The van der Waals surface area contributed by atoms with E-state index in [9.17, 15) is 4.79 Å². The van der Waals surface area contributed by atoms with Gasteiger partial charge in [0.1, 0.15) is 0 Å². The van der Waals surface area contributed by atoms with Crippen LogP contribution >= 0.6 is 0 Å². The Bertz CT molecular complexity index is 395. The zero-order valence-corrected chi connectivity index (χ0v) is 10.7. The minimum atomic E-state index is 0.159. The monoisotopic (exact) mass is 248 g/mol. The summed E-state index contributed by atoms with van der Waals surface area (Å²) in [4.78, 5) is 20.3. The van der Waals surface area contributed by atoms with Crippen LogP contribution in [0.15, 0.2) is 24.4 Å². The lowest BCUT2D eigenvalue weighted by Crippen LogP contribution is -2.54. The van der Waals surface area contributed by atoms with E-state index in [-0.39, 0.29) is 11.9 Å². The first-order valence-corrected chi connectivity index (χ1v) is 6.32. The molecule has 1 atom stereocenters. The highest BCUT2D eigenvalue weighted by Crippen LogP contribution is 2.10. The fraction of sp³-hybridized carbons (Fsp3) is 0.538. The molecule has 1 amide bonds. The van der Waals surface area contributed by atoms with Crippen molar-refractivity contribution in [1.29, 1.82) is 0 Å². The van der Waals surface area contributed by atoms with E-state index in [1.807, 2.05) is 23.1 Å². The van der Waals surface area contributed by atoms with Gasteiger partial charge in [-0.05, 0) is 19.1 Å². The molecule has 1 aromatic rings. The summed E-state index contributed by atoms with van der Waals surface area (Å²) in [7, 11) is 0. The lowest BCUT2D eigenvalue weighted by Gasteiger charge is -2.37. The van der Waals surface area contributed by atoms with E-state index >= 15 is 0 Å². The van der Waals surface area contributed by atoms with Gasteiger partial charge in [0.15, 0.2) is 0 Å². The van der Waals surface area contributed by atoms with Crippen molar-refractivity contribution < 1.29 is 4.79 Å². The number of rotatable bonds is 4. The minimum Gasteiger partial charge on any atom is -0.334 e. The molecule has 1 saturated heterocycles. The molecule has 1 aromatic heterocycles. The van der Waals surface area contributed by atoms with E-state index in [0.29, 0.717) is 19.6 Å². The maximum atomic E-state index is 12.0. The van der Waals surface area contributed by atoms with Crippen LogP contribution in [0, 0.1) is 0 Å². The van der Waals surface area contributed by atoms with Crippen LogP contribution in [0.25, 0.3) is 0 Å². The summed E-state index contributed by atoms with van der Waals surface area (Å²) in [5, 5.41) is 0. The van der Waals surface area contributed by atoms with Crippen LogP contribution in [0.4, 0.5) is 0 Å². The summed E-state index contributed by atoms with van der Waals surface area (Å²) < 4.78 is 0. The van der Waals surface area contributed by atoms with Crippen LogP contribution in [0.5, 0.6) is 0 Å². The maximum Gasteiger partial charge on any atom is 0.237 e. The second kappa shape index (κ2) is 5.93. The summed E-state index contributed by atoms with van der Waals surface area (Å²) in [5.74, 6) is 0.159. The normalized spacial score (nSPS) is 19.0. The molecule has 1 unspecified atom stereocenters. The number of hydrogen-bond donors (Lipinski definition) is 1. The van der Waals surface area contributed by atoms with Crippen molar-refractivity contribution >= 4 is 5.91 Å². The number of nitrogens with zero attached hydrogens (tertiary/aromatic N) is 3. The predicted octanol–water partition coefficient (Wildman–Crippen LogP) is 0.0730. The molecule has 0 saturated carbocycles. The predicted molar refractivity (Wildman–Crippen MR) is 69.7 cm³/mol. The molecule has 1 aliphatic heterocycles. The van der Waals surface area contributed by atoms with Gasteiger partial charge in [0.25, 0.3) is 0 Å². The molecule has 0 aromatic carbocycles. The lowest BCUT2D eigenvalue weighted by molar-refractivity contribution is -0.137. The van der Waals surface area contributed by atoms with E-state index in [0.717, 1.165) is 18.8 Å². The van der Waals surface area contributed by atoms with Gasteiger partial charge in [0.05, 0.1) is 18.8 Å². The summed E-state index contributed by atoms with van der Waals surface area (Å²) in [6, 6.07) is 6.04. The Morgan fingerprint density at radius 1 is 1.44 bits per heavy atom. The van der Waals surface area contributed by atoms with Crippen molar-refractivity contribution in [1.82, 2.24) is 14.8 Å². The van der Waals surface area contributed by atoms with Gasteiger partial charge >= 0.3 is 0 Å². The zero-order chi connectivity index (χ0) is 13.0. The molecule has 1 aliphatic rings. The van der Waals surface area contributed by atoms with Crippen LogP contribution in [-0.2, 0) is 11.3 Å². The Morgan fingerprint density at radius 2 is 2.28 bits per heavy atom. The van der Waals surface area contributed by atoms with Crippen molar-refractivity contribution in [3.8, 4) is 0 Å². The first-order chi connectivity index (χ1) is 8.70. The smallest absolute Gasteiger partial charge is 0.237 e. The standard InChI is InChI=1S/C13H20N4O/c1-11(8-14)16-6-7-17(13(18)10-16)9-12-4-2-3-5-15-12/h2-5,11H,6-10,14H2,1H3. The third kappa shape index (κ3) is 3.05. The summed E-state index contributed by atoms with van der Waals surface area (Å²) in [5.41, 5.74) is 6.57. The number of piperazine rings is 1. The summed E-state index contributed by atoms with van der Waals surface area (Å²) in [6.07, 6.45) is 1.76. The first kappa shape index (κ1) is 13.0. The van der Waals surface area contributed by atoms with Crippen molar-refractivity contribution in [3.05, 3.63) is 30.1 Å². The van der Waals surface area contributed by atoms with Crippen molar-refractivity contribution in [2.45, 2.75) is 19.5 Å². The fourth-order valence-electron chi connectivity index (χ4n) is 2.11. The fourth-order valence-corrected chi connectivity index (χ4v) is 2.11. The highest BCUT2D eigenvalue weighted by molar-refractivity contribution is 5.79. The average molecular weight is 248 g/mol. The molecule has 0 spiro atoms. The van der Waals surface area contributed by atoms with Gasteiger partial charge in [-0.3, -0.25) is 14.7 Å². The molecule has 2 N–H and O–H groups in total. The molecular weight excluding hydrogens is 228 g/mol. The van der Waals surface area contributed by atoms with Gasteiger partial charge in [-0.2, -0.15) is 0 Å². The van der Waals surface area contributed by atoms with E-state index in [1.54, 1.807) is 6.20 Å². The molecule has 18 heavy (non-hydrogen) atoms. The summed E-state index contributed by atoms with van der Waals surface area (Å²) >= 11 is 0. The number of carbonyl (C=O) groups excluding carboxylic acids is 1. The van der Waals surface area contributed by atoms with Gasteiger partial charge in [-0.15, -0.1) is 0 Å². The molecule has 1 fully saturated rings. The molecule has 5 heteroatoms. The maximum absolute atomic E-state index is 12.0. The van der Waals surface area contributed by atoms with E-state index in [2.05, 4.69) is 16.8 Å². The van der Waals surface area contributed by atoms with Crippen LogP contribution in [0.3, 0.4) is 0 Å². The van der Waals surface area contributed by atoms with Gasteiger partial charge < -0.3 is 10.6 Å². The first-order valence-electron chi connectivity index (χ1n) is 6.32. The number of hydrogen-bond acceptors (Lipinski definition) is 4. The van der Waals surface area contributed by atoms with Crippen molar-refractivity contribution in [2.75, 3.05) is 26.2 Å². The molecule has 5 nitrogen and oxygen atoms in total. The quantitative estimate of drug-likeness (QED) is 0.819. The van der Waals surface area contributed by atoms with Crippen molar-refractivity contribution in [3.63, 3.8) is 0 Å². The highest BCUT2D eigenvalue weighted by atomic mass is 16.2. The van der Waals surface area contributed by atoms with Crippen LogP contribution in [0.1, 0.15) is 12.6 Å². The number of amides is 1. The second-order valence-electron chi connectivity index (χ2n) is 4.69. The molecular formula is C13H20N4O. The molecule has 0 bridgehead atoms. The number of carbonyl (C=O) groups is 1. The largest absolute Gasteiger partial charge is 0.334 e. The van der Waals surface area contributed by atoms with E-state index < -0.39 is 0 Å². The van der Waals surface area contributed by atoms with Gasteiger partial charge in [0.2, 0.25) is 5.91 Å². The average Bonchev–Trinajstić information content (AvgIpc) is 2.41. The Balaban J connectivity index is 1.92. The van der Waals surface area contributed by atoms with E-state index in [4.69, 9.17) is 5.73 Å². The molecule has 98 valence electrons. The number of aromatic nitrogens is 1. The molecule has 2 heterocycles.